The second-order valence-electron chi connectivity index (χ2n) is 4.55. The maximum atomic E-state index is 9.56. The van der Waals surface area contributed by atoms with E-state index in [1.807, 2.05) is 21.1 Å². The molecule has 3 N–H and O–H groups in total. The lowest BCUT2D eigenvalue weighted by atomic mass is 9.89. The van der Waals surface area contributed by atoms with E-state index >= 15 is 0 Å². The summed E-state index contributed by atoms with van der Waals surface area (Å²) >= 11 is 0. The molecule has 0 aliphatic rings. The Morgan fingerprint density at radius 1 is 1.38 bits per heavy atom. The van der Waals surface area contributed by atoms with Crippen molar-refractivity contribution < 1.29 is 14.6 Å². The number of hydrogen-bond donors (Lipinski definition) is 3. The summed E-state index contributed by atoms with van der Waals surface area (Å²) in [6.45, 7) is 3.06. The van der Waals surface area contributed by atoms with Gasteiger partial charge in [0.1, 0.15) is 12.6 Å². The van der Waals surface area contributed by atoms with E-state index in [4.69, 9.17) is 5.02 Å². The third-order valence-corrected chi connectivity index (χ3v) is 1.68. The van der Waals surface area contributed by atoms with Crippen LogP contribution in [0.5, 0.6) is 0 Å². The number of quaternary nitrogens is 1. The molecule has 0 spiro atoms. The second-order valence-corrected chi connectivity index (χ2v) is 4.55. The third-order valence-electron chi connectivity index (χ3n) is 1.68. The fraction of sp³-hybridized carbons (Fsp3) is 1.00. The highest BCUT2D eigenvalue weighted by molar-refractivity contribution is 6.45. The van der Waals surface area contributed by atoms with E-state index < -0.39 is 7.05 Å². The average Bonchev–Trinajstić information content (AvgIpc) is 1.81. The van der Waals surface area contributed by atoms with Crippen LogP contribution in [0.3, 0.4) is 0 Å². The van der Waals surface area contributed by atoms with Crippen molar-refractivity contribution in [3.63, 3.8) is 0 Å². The predicted molar refractivity (Wildman–Crippen MR) is 55.4 cm³/mol. The van der Waals surface area contributed by atoms with Crippen LogP contribution in [0.4, 0.5) is 0 Å². The number of likely N-dealkylation sites (N-methyl/N-ethyl adjacent to an activating group) is 1. The van der Waals surface area contributed by atoms with E-state index in [-0.39, 0.29) is 6.10 Å². The molecule has 0 aromatic carbocycles. The SMILES string of the molecule is CB(O)NCCC(O)C[N+](C)(C)C. The van der Waals surface area contributed by atoms with Crippen molar-refractivity contribution in [1.29, 1.82) is 0 Å². The van der Waals surface area contributed by atoms with Gasteiger partial charge in [-0.15, -0.1) is 0 Å². The molecule has 4 nitrogen and oxygen atoms in total. The van der Waals surface area contributed by atoms with E-state index in [1.54, 1.807) is 6.82 Å². The highest BCUT2D eigenvalue weighted by atomic mass is 16.3. The Kier molecular flexibility index (Phi) is 5.56. The summed E-state index contributed by atoms with van der Waals surface area (Å²) in [5.74, 6) is 0. The molecule has 0 aromatic heterocycles. The summed E-state index contributed by atoms with van der Waals surface area (Å²) in [6, 6.07) is 0. The second kappa shape index (κ2) is 5.60. The number of nitrogens with zero attached hydrogens (tertiary/aromatic N) is 1. The van der Waals surface area contributed by atoms with E-state index in [9.17, 15) is 5.11 Å². The summed E-state index contributed by atoms with van der Waals surface area (Å²) < 4.78 is 0.760. The molecule has 0 rings (SSSR count). The highest BCUT2D eigenvalue weighted by Crippen LogP contribution is 1.98. The van der Waals surface area contributed by atoms with Gasteiger partial charge in [-0.25, -0.2) is 0 Å². The molecular formula is C8H22BN2O2+. The maximum Gasteiger partial charge on any atom is 0.373 e. The van der Waals surface area contributed by atoms with Crippen molar-refractivity contribution in [1.82, 2.24) is 5.23 Å². The first-order chi connectivity index (χ1) is 5.81. The maximum absolute atomic E-state index is 9.56. The fourth-order valence-electron chi connectivity index (χ4n) is 1.18. The first-order valence-corrected chi connectivity index (χ1v) is 4.71. The summed E-state index contributed by atoms with van der Waals surface area (Å²) in [6.07, 6.45) is 0.381. The molecular weight excluding hydrogens is 167 g/mol. The van der Waals surface area contributed by atoms with Gasteiger partial charge in [0.25, 0.3) is 0 Å². The molecule has 0 aromatic rings. The fourth-order valence-corrected chi connectivity index (χ4v) is 1.18. The van der Waals surface area contributed by atoms with Gasteiger partial charge < -0.3 is 19.8 Å². The zero-order chi connectivity index (χ0) is 10.5. The molecule has 0 aliphatic heterocycles. The van der Waals surface area contributed by atoms with Crippen molar-refractivity contribution in [3.05, 3.63) is 0 Å². The molecule has 0 saturated carbocycles. The topological polar surface area (TPSA) is 52.5 Å². The Labute approximate surface area is 81.3 Å². The molecule has 0 radical (unpaired) electrons. The Bertz CT molecular complexity index is 137. The van der Waals surface area contributed by atoms with E-state index in [0.717, 1.165) is 11.0 Å². The Balaban J connectivity index is 3.46. The minimum atomic E-state index is -0.490. The van der Waals surface area contributed by atoms with Gasteiger partial charge in [0, 0.05) is 0 Å². The van der Waals surface area contributed by atoms with Gasteiger partial charge in [-0.2, -0.15) is 0 Å². The number of nitrogens with one attached hydrogen (secondary N) is 1. The lowest BCUT2D eigenvalue weighted by Gasteiger charge is -2.26. The monoisotopic (exact) mass is 189 g/mol. The van der Waals surface area contributed by atoms with Crippen LogP contribution in [0, 0.1) is 0 Å². The number of rotatable bonds is 6. The number of hydrogen-bond acceptors (Lipinski definition) is 3. The van der Waals surface area contributed by atoms with Crippen LogP contribution < -0.4 is 5.23 Å². The standard InChI is InChI=1S/C8H22BN2O2/c1-9(13)10-6-5-8(12)7-11(2,3)4/h8,10,12-13H,5-7H2,1-4H3/q+1. The molecule has 1 atom stereocenters. The minimum Gasteiger partial charge on any atom is -0.437 e. The van der Waals surface area contributed by atoms with Crippen LogP contribution in [0.1, 0.15) is 6.42 Å². The van der Waals surface area contributed by atoms with E-state index in [0.29, 0.717) is 13.0 Å². The largest absolute Gasteiger partial charge is 0.437 e. The molecule has 0 heterocycles. The third kappa shape index (κ3) is 9.82. The number of aliphatic hydroxyl groups is 1. The lowest BCUT2D eigenvalue weighted by molar-refractivity contribution is -0.873. The molecule has 5 heteroatoms. The van der Waals surface area contributed by atoms with Crippen molar-refractivity contribution in [2.75, 3.05) is 34.2 Å². The number of aliphatic hydroxyl groups excluding tert-OH is 1. The Morgan fingerprint density at radius 2 is 1.92 bits per heavy atom. The van der Waals surface area contributed by atoms with Crippen LogP contribution >= 0.6 is 0 Å². The molecule has 13 heavy (non-hydrogen) atoms. The van der Waals surface area contributed by atoms with Gasteiger partial charge in [0.2, 0.25) is 0 Å². The minimum absolute atomic E-state index is 0.300. The van der Waals surface area contributed by atoms with Crippen LogP contribution in [0.15, 0.2) is 0 Å². The summed E-state index contributed by atoms with van der Waals surface area (Å²) in [5, 5.41) is 21.3. The van der Waals surface area contributed by atoms with Crippen LogP contribution in [0.25, 0.3) is 0 Å². The predicted octanol–water partition coefficient (Wildman–Crippen LogP) is -0.856. The first kappa shape index (κ1) is 12.9. The molecule has 0 saturated heterocycles. The lowest BCUT2D eigenvalue weighted by Crippen LogP contribution is -2.43. The quantitative estimate of drug-likeness (QED) is 0.376. The van der Waals surface area contributed by atoms with Gasteiger partial charge in [0.15, 0.2) is 0 Å². The van der Waals surface area contributed by atoms with Crippen LogP contribution in [-0.4, -0.2) is 62.0 Å². The zero-order valence-electron chi connectivity index (χ0n) is 9.12. The van der Waals surface area contributed by atoms with E-state index in [1.165, 1.54) is 0 Å². The first-order valence-electron chi connectivity index (χ1n) is 4.71. The van der Waals surface area contributed by atoms with Crippen molar-refractivity contribution in [2.45, 2.75) is 19.3 Å². The van der Waals surface area contributed by atoms with Gasteiger partial charge in [0.05, 0.1) is 21.1 Å². The summed E-state index contributed by atoms with van der Waals surface area (Å²) in [5.41, 5.74) is 0. The normalized spacial score (nSPS) is 14.3. The molecule has 0 fully saturated rings. The Hall–Kier alpha value is -0.0951. The molecule has 78 valence electrons. The smallest absolute Gasteiger partial charge is 0.373 e. The van der Waals surface area contributed by atoms with Gasteiger partial charge in [-0.1, -0.05) is 0 Å². The summed E-state index contributed by atoms with van der Waals surface area (Å²) in [7, 11) is 5.65. The zero-order valence-corrected chi connectivity index (χ0v) is 9.12. The molecule has 1 unspecified atom stereocenters. The van der Waals surface area contributed by atoms with Gasteiger partial charge in [-0.05, 0) is 19.8 Å². The highest BCUT2D eigenvalue weighted by Gasteiger charge is 2.15. The molecule has 0 amide bonds. The van der Waals surface area contributed by atoms with Crippen LogP contribution in [-0.2, 0) is 0 Å². The van der Waals surface area contributed by atoms with Crippen molar-refractivity contribution in [3.8, 4) is 0 Å². The Morgan fingerprint density at radius 3 is 2.31 bits per heavy atom. The van der Waals surface area contributed by atoms with Crippen molar-refractivity contribution >= 4 is 7.05 Å². The van der Waals surface area contributed by atoms with Crippen molar-refractivity contribution in [2.24, 2.45) is 0 Å². The van der Waals surface area contributed by atoms with Gasteiger partial charge in [-0.3, -0.25) is 0 Å². The molecule has 0 aliphatic carbocycles. The summed E-state index contributed by atoms with van der Waals surface area (Å²) in [4.78, 5) is 0. The average molecular weight is 189 g/mol. The van der Waals surface area contributed by atoms with E-state index in [2.05, 4.69) is 5.23 Å². The van der Waals surface area contributed by atoms with Crippen LogP contribution in [0.2, 0.25) is 6.82 Å². The molecule has 0 bridgehead atoms. The van der Waals surface area contributed by atoms with Gasteiger partial charge >= 0.3 is 7.05 Å².